The number of nitrogens with zero attached hydrogens (tertiary/aromatic N) is 1. The number of fused-ring (bicyclic) bond motifs is 3. The summed E-state index contributed by atoms with van der Waals surface area (Å²) in [6.45, 7) is 2.16. The van der Waals surface area contributed by atoms with Crippen molar-refractivity contribution in [1.29, 1.82) is 0 Å². The third-order valence-corrected chi connectivity index (χ3v) is 11.0. The fourth-order valence-corrected chi connectivity index (χ4v) is 7.73. The molecule has 2 aromatic rings. The first-order chi connectivity index (χ1) is 29.2. The van der Waals surface area contributed by atoms with E-state index in [1.165, 1.54) is 18.2 Å². The molecule has 11 N–H and O–H groups in total. The highest BCUT2D eigenvalue weighted by Gasteiger charge is 2.49. The molecular formula is C41H56N4O16. The van der Waals surface area contributed by atoms with Crippen LogP contribution in [0.15, 0.2) is 23.3 Å². The number of aliphatic hydroxyl groups is 4. The zero-order valence-electron chi connectivity index (χ0n) is 34.1. The van der Waals surface area contributed by atoms with E-state index in [1.807, 2.05) is 7.05 Å². The van der Waals surface area contributed by atoms with E-state index in [-0.39, 0.29) is 68.8 Å². The molecule has 1 heterocycles. The predicted molar refractivity (Wildman–Crippen MR) is 213 cm³/mol. The van der Waals surface area contributed by atoms with Crippen LogP contribution in [0, 0.1) is 5.92 Å². The molecule has 0 aromatic heterocycles. The number of phenols is 3. The number of rotatable bonds is 21. The van der Waals surface area contributed by atoms with Gasteiger partial charge in [-0.3, -0.25) is 19.2 Å². The molecule has 7 atom stereocenters. The van der Waals surface area contributed by atoms with E-state index in [9.17, 15) is 54.9 Å². The summed E-state index contributed by atoms with van der Waals surface area (Å²) in [6.07, 6.45) is -4.53. The van der Waals surface area contributed by atoms with Crippen LogP contribution in [0.5, 0.6) is 17.2 Å². The Bertz CT molecular complexity index is 1930. The third kappa shape index (κ3) is 10.7. The Hall–Kier alpha value is -4.61. The van der Waals surface area contributed by atoms with Gasteiger partial charge in [0, 0.05) is 55.2 Å². The van der Waals surface area contributed by atoms with E-state index in [0.29, 0.717) is 13.2 Å². The summed E-state index contributed by atoms with van der Waals surface area (Å²) in [5, 5.41) is 83.7. The number of hydrazone groups is 1. The first-order valence-electron chi connectivity index (χ1n) is 20.2. The van der Waals surface area contributed by atoms with Crippen LogP contribution in [0.4, 0.5) is 0 Å². The molecule has 61 heavy (non-hydrogen) atoms. The topological polar surface area (TPSA) is 318 Å². The third-order valence-electron chi connectivity index (χ3n) is 11.0. The number of esters is 1. The molecule has 336 valence electrons. The van der Waals surface area contributed by atoms with Crippen molar-refractivity contribution in [3.8, 4) is 17.2 Å². The largest absolute Gasteiger partial charge is 0.507 e. The van der Waals surface area contributed by atoms with Gasteiger partial charge in [-0.25, -0.2) is 5.43 Å². The van der Waals surface area contributed by atoms with Gasteiger partial charge in [0.15, 0.2) is 12.1 Å². The summed E-state index contributed by atoms with van der Waals surface area (Å²) in [7, 11) is 1.84. The highest BCUT2D eigenvalue weighted by molar-refractivity contribution is 6.31. The minimum Gasteiger partial charge on any atom is -0.507 e. The highest BCUT2D eigenvalue weighted by Crippen LogP contribution is 2.52. The maximum Gasteiger partial charge on any atom is 0.318 e. The Morgan fingerprint density at radius 1 is 0.984 bits per heavy atom. The number of aliphatic hydroxyl groups excluding tert-OH is 3. The fourth-order valence-electron chi connectivity index (χ4n) is 7.73. The second-order valence-corrected chi connectivity index (χ2v) is 15.2. The monoisotopic (exact) mass is 860 g/mol. The molecule has 1 saturated heterocycles. The fraction of sp³-hybridized carbons (Fsp3) is 0.585. The van der Waals surface area contributed by atoms with E-state index in [1.54, 1.807) is 6.92 Å². The Kier molecular flexibility index (Phi) is 16.7. The second kappa shape index (κ2) is 21.5. The predicted octanol–water partition coefficient (Wildman–Crippen LogP) is -0.434. The molecule has 1 aliphatic heterocycles. The summed E-state index contributed by atoms with van der Waals surface area (Å²) in [5.41, 5.74) is 3.22. The molecule has 2 aromatic carbocycles. The zero-order chi connectivity index (χ0) is 44.4. The van der Waals surface area contributed by atoms with E-state index in [4.69, 9.17) is 29.4 Å². The van der Waals surface area contributed by atoms with Gasteiger partial charge in [-0.05, 0) is 52.3 Å². The smallest absolute Gasteiger partial charge is 0.318 e. The van der Waals surface area contributed by atoms with Crippen molar-refractivity contribution in [3.05, 3.63) is 51.6 Å². The lowest BCUT2D eigenvalue weighted by Gasteiger charge is -2.43. The van der Waals surface area contributed by atoms with Crippen LogP contribution in [0.2, 0.25) is 0 Å². The first-order valence-corrected chi connectivity index (χ1v) is 20.2. The van der Waals surface area contributed by atoms with Crippen LogP contribution in [0.25, 0.3) is 0 Å². The van der Waals surface area contributed by atoms with Gasteiger partial charge in [0.05, 0.1) is 67.1 Å². The van der Waals surface area contributed by atoms with Crippen LogP contribution in [0.1, 0.15) is 94.5 Å². The van der Waals surface area contributed by atoms with Gasteiger partial charge in [-0.2, -0.15) is 5.10 Å². The number of benzene rings is 2. The van der Waals surface area contributed by atoms with Crippen LogP contribution in [0.3, 0.4) is 0 Å². The van der Waals surface area contributed by atoms with Gasteiger partial charge in [0.2, 0.25) is 5.78 Å². The number of carbonyl (C=O) groups is 4. The Labute approximate surface area is 351 Å². The molecule has 0 bridgehead atoms. The van der Waals surface area contributed by atoms with Crippen LogP contribution >= 0.6 is 0 Å². The summed E-state index contributed by atoms with van der Waals surface area (Å²) in [5.74, 6) is -7.30. The number of ether oxygens (including phenoxy) is 5. The number of phenolic OH excluding ortho intramolecular Hbond substituents is 3. The van der Waals surface area contributed by atoms with Crippen molar-refractivity contribution in [2.45, 2.75) is 88.1 Å². The van der Waals surface area contributed by atoms with Crippen LogP contribution in [-0.2, 0) is 39.7 Å². The average molecular weight is 861 g/mol. The maximum atomic E-state index is 13.8. The normalized spacial score (nSPS) is 24.1. The SMILES string of the molecule is CNCCCOCCOCCOC(=O)C(CCCCO)C(=O)NN=C(CO)[C@]1(O)Cc2c(O)c3c(c(O)c2[C@@H](O[C@H]2C[C@@H](N)[C@H](O)C(C)O2)C1)C(=O)c1c(O)cccc1C3=O. The molecule has 1 amide bonds. The molecule has 3 aliphatic rings. The standard InChI is InChI=1S/C41H56N4O16/c1-21-34(49)25(42)17-29(60-21)61-27-19-41(56,18-24-31(27)38(53)33-32(36(24)51)35(50)22-8-5-9-26(48)30(22)37(33)52)28(20-47)44-45-39(54)23(7-3-4-11-46)40(55)59-16-15-58-14-13-57-12-6-10-43-2/h5,8-9,21,23,25,27,29,34,43,46-49,51,53,56H,3-4,6-7,10-20,42H2,1-2H3,(H,45,54)/t21?,23?,25-,27+,29+,34-,41+/m1/s1. The number of ketones is 2. The minimum absolute atomic E-state index is 0.0266. The van der Waals surface area contributed by atoms with Crippen LogP contribution < -0.4 is 16.5 Å². The van der Waals surface area contributed by atoms with Crippen molar-refractivity contribution in [2.75, 3.05) is 59.8 Å². The molecule has 0 saturated carbocycles. The molecule has 5 rings (SSSR count). The number of aromatic hydroxyl groups is 3. The molecular weight excluding hydrogens is 804 g/mol. The summed E-state index contributed by atoms with van der Waals surface area (Å²) < 4.78 is 28.2. The lowest BCUT2D eigenvalue weighted by molar-refractivity contribution is -0.245. The number of unbranched alkanes of at least 4 members (excludes halogenated alkanes) is 1. The van der Waals surface area contributed by atoms with Crippen molar-refractivity contribution in [2.24, 2.45) is 16.8 Å². The molecule has 20 nitrogen and oxygen atoms in total. The van der Waals surface area contributed by atoms with E-state index in [0.717, 1.165) is 13.0 Å². The molecule has 2 aliphatic carbocycles. The number of hydrogen-bond donors (Lipinski definition) is 10. The number of nitrogens with two attached hydrogens (primary N) is 1. The van der Waals surface area contributed by atoms with Gasteiger partial charge in [0.1, 0.15) is 35.4 Å². The quantitative estimate of drug-likeness (QED) is 0.0162. The highest BCUT2D eigenvalue weighted by atomic mass is 16.7. The van der Waals surface area contributed by atoms with E-state index >= 15 is 0 Å². The van der Waals surface area contributed by atoms with Crippen molar-refractivity contribution < 1.29 is 78.6 Å². The summed E-state index contributed by atoms with van der Waals surface area (Å²) >= 11 is 0. The second-order valence-electron chi connectivity index (χ2n) is 15.2. The Morgan fingerprint density at radius 2 is 1.69 bits per heavy atom. The molecule has 0 radical (unpaired) electrons. The average Bonchev–Trinajstić information content (AvgIpc) is 3.22. The Balaban J connectivity index is 1.41. The summed E-state index contributed by atoms with van der Waals surface area (Å²) in [6, 6.07) is 2.95. The van der Waals surface area contributed by atoms with Gasteiger partial charge in [0.25, 0.3) is 5.91 Å². The summed E-state index contributed by atoms with van der Waals surface area (Å²) in [4.78, 5) is 54.3. The van der Waals surface area contributed by atoms with Crippen molar-refractivity contribution in [1.82, 2.24) is 10.7 Å². The molecule has 1 fully saturated rings. The number of amides is 1. The van der Waals surface area contributed by atoms with Crippen LogP contribution in [-0.4, -0.2) is 155 Å². The van der Waals surface area contributed by atoms with Gasteiger partial charge >= 0.3 is 5.97 Å². The number of carbonyl (C=O) groups excluding carboxylic acids is 4. The molecule has 0 spiro atoms. The van der Waals surface area contributed by atoms with E-state index < -0.39 is 125 Å². The number of nitrogens with one attached hydrogen (secondary N) is 2. The van der Waals surface area contributed by atoms with Gasteiger partial charge in [-0.1, -0.05) is 12.1 Å². The first kappa shape index (κ1) is 47.4. The minimum atomic E-state index is -2.31. The van der Waals surface area contributed by atoms with Crippen molar-refractivity contribution in [3.63, 3.8) is 0 Å². The van der Waals surface area contributed by atoms with Gasteiger partial charge in [-0.15, -0.1) is 0 Å². The zero-order valence-corrected chi connectivity index (χ0v) is 34.1. The molecule has 20 heteroatoms. The maximum absolute atomic E-state index is 13.8. The lowest BCUT2D eigenvalue weighted by Crippen LogP contribution is -2.53. The number of hydrogen-bond acceptors (Lipinski definition) is 19. The van der Waals surface area contributed by atoms with Gasteiger partial charge < -0.3 is 70.5 Å². The lowest BCUT2D eigenvalue weighted by atomic mass is 9.71. The Morgan fingerprint density at radius 3 is 2.38 bits per heavy atom. The van der Waals surface area contributed by atoms with Crippen molar-refractivity contribution >= 4 is 29.2 Å². The van der Waals surface area contributed by atoms with E-state index in [2.05, 4.69) is 15.8 Å². The molecule has 2 unspecified atom stereocenters.